The van der Waals surface area contributed by atoms with Crippen LogP contribution in [0.1, 0.15) is 5.56 Å². The fraction of sp³-hybridized carbons (Fsp3) is 0.333. The maximum absolute atomic E-state index is 11.9. The highest BCUT2D eigenvalue weighted by molar-refractivity contribution is 7.89. The molecule has 2 heterocycles. The van der Waals surface area contributed by atoms with Crippen molar-refractivity contribution in [3.63, 3.8) is 0 Å². The van der Waals surface area contributed by atoms with Crippen LogP contribution in [-0.4, -0.2) is 27.7 Å². The molecular weight excluding hydrogens is 256 g/mol. The lowest BCUT2D eigenvalue weighted by molar-refractivity contribution is 0.578. The van der Waals surface area contributed by atoms with Crippen LogP contribution in [0.15, 0.2) is 23.7 Å². The van der Waals surface area contributed by atoms with Gasteiger partial charge in [-0.3, -0.25) is 4.68 Å². The predicted octanol–water partition coefficient (Wildman–Crippen LogP) is -0.786. The third kappa shape index (κ3) is 2.36. The molecule has 0 bridgehead atoms. The lowest BCUT2D eigenvalue weighted by Crippen LogP contribution is -2.23. The Morgan fingerprint density at radius 2 is 2.17 bits per heavy atom. The van der Waals surface area contributed by atoms with E-state index in [2.05, 4.69) is 14.8 Å². The van der Waals surface area contributed by atoms with E-state index in [0.717, 1.165) is 0 Å². The molecule has 2 rings (SSSR count). The molecule has 0 saturated carbocycles. The molecule has 0 aliphatic heterocycles. The highest BCUT2D eigenvalue weighted by atomic mass is 32.2. The molecule has 0 saturated heterocycles. The highest BCUT2D eigenvalue weighted by Crippen LogP contribution is 2.11. The Balaban J connectivity index is 2.13. The normalized spacial score (nSPS) is 11.9. The van der Waals surface area contributed by atoms with E-state index in [0.29, 0.717) is 11.4 Å². The SMILES string of the molecule is Cn1cnc(S(=O)(=O)NCc2cnn(C)c2N)c1. The lowest BCUT2D eigenvalue weighted by Gasteiger charge is -2.03. The molecule has 0 unspecified atom stereocenters. The second-order valence-electron chi connectivity index (χ2n) is 3.88. The topological polar surface area (TPSA) is 108 Å². The van der Waals surface area contributed by atoms with E-state index in [1.807, 2.05) is 0 Å². The van der Waals surface area contributed by atoms with E-state index in [1.54, 1.807) is 18.7 Å². The Morgan fingerprint density at radius 1 is 1.44 bits per heavy atom. The third-order valence-corrected chi connectivity index (χ3v) is 3.76. The number of hydrogen-bond donors (Lipinski definition) is 2. The number of nitrogen functional groups attached to an aromatic ring is 1. The van der Waals surface area contributed by atoms with Crippen molar-refractivity contribution in [2.75, 3.05) is 5.73 Å². The van der Waals surface area contributed by atoms with Crippen LogP contribution in [0.5, 0.6) is 0 Å². The largest absolute Gasteiger partial charge is 0.384 e. The van der Waals surface area contributed by atoms with Crippen LogP contribution in [0, 0.1) is 0 Å². The van der Waals surface area contributed by atoms with E-state index in [1.165, 1.54) is 23.4 Å². The van der Waals surface area contributed by atoms with E-state index in [-0.39, 0.29) is 11.6 Å². The van der Waals surface area contributed by atoms with Gasteiger partial charge in [-0.25, -0.2) is 18.1 Å². The molecule has 3 N–H and O–H groups in total. The Labute approximate surface area is 104 Å². The van der Waals surface area contributed by atoms with Crippen LogP contribution in [0.25, 0.3) is 0 Å². The zero-order chi connectivity index (χ0) is 13.3. The summed E-state index contributed by atoms with van der Waals surface area (Å²) in [5.74, 6) is 0.429. The summed E-state index contributed by atoms with van der Waals surface area (Å²) in [5, 5.41) is 3.91. The Hall–Kier alpha value is -1.87. The number of aromatic nitrogens is 4. The van der Waals surface area contributed by atoms with Crippen LogP contribution < -0.4 is 10.5 Å². The van der Waals surface area contributed by atoms with Gasteiger partial charge < -0.3 is 10.3 Å². The first kappa shape index (κ1) is 12.6. The van der Waals surface area contributed by atoms with E-state index < -0.39 is 10.0 Å². The molecule has 0 radical (unpaired) electrons. The molecule has 8 nitrogen and oxygen atoms in total. The number of nitrogens with two attached hydrogens (primary N) is 1. The molecule has 0 spiro atoms. The van der Waals surface area contributed by atoms with Crippen LogP contribution in [0.3, 0.4) is 0 Å². The van der Waals surface area contributed by atoms with Crippen LogP contribution >= 0.6 is 0 Å². The van der Waals surface area contributed by atoms with Gasteiger partial charge in [-0.05, 0) is 0 Å². The summed E-state index contributed by atoms with van der Waals surface area (Å²) in [6.45, 7) is 0.0819. The van der Waals surface area contributed by atoms with Gasteiger partial charge in [0.15, 0.2) is 5.03 Å². The van der Waals surface area contributed by atoms with Crippen LogP contribution in [0.2, 0.25) is 0 Å². The monoisotopic (exact) mass is 270 g/mol. The van der Waals surface area contributed by atoms with Crippen LogP contribution in [-0.2, 0) is 30.7 Å². The maximum Gasteiger partial charge on any atom is 0.259 e. The van der Waals surface area contributed by atoms with Gasteiger partial charge in [-0.1, -0.05) is 0 Å². The summed E-state index contributed by atoms with van der Waals surface area (Å²) in [7, 11) is -0.234. The van der Waals surface area contributed by atoms with Gasteiger partial charge in [0, 0.05) is 32.4 Å². The van der Waals surface area contributed by atoms with Crippen molar-refractivity contribution in [3.05, 3.63) is 24.3 Å². The number of imidazole rings is 1. The minimum absolute atomic E-state index is 0.0209. The third-order valence-electron chi connectivity index (χ3n) is 2.47. The maximum atomic E-state index is 11.9. The summed E-state index contributed by atoms with van der Waals surface area (Å²) in [5.41, 5.74) is 6.34. The number of hydrogen-bond acceptors (Lipinski definition) is 5. The molecular formula is C9H14N6O2S. The molecule has 0 fully saturated rings. The predicted molar refractivity (Wildman–Crippen MR) is 64.9 cm³/mol. The van der Waals surface area contributed by atoms with E-state index >= 15 is 0 Å². The zero-order valence-electron chi connectivity index (χ0n) is 10.0. The Morgan fingerprint density at radius 3 is 2.67 bits per heavy atom. The lowest BCUT2D eigenvalue weighted by atomic mass is 10.3. The van der Waals surface area contributed by atoms with Gasteiger partial charge in [-0.15, -0.1) is 0 Å². The summed E-state index contributed by atoms with van der Waals surface area (Å²) in [6, 6.07) is 0. The van der Waals surface area contributed by atoms with Crippen LogP contribution in [0.4, 0.5) is 5.82 Å². The summed E-state index contributed by atoms with van der Waals surface area (Å²) >= 11 is 0. The number of nitrogens with one attached hydrogen (secondary N) is 1. The minimum atomic E-state index is -3.62. The fourth-order valence-electron chi connectivity index (χ4n) is 1.40. The first-order valence-corrected chi connectivity index (χ1v) is 6.62. The molecule has 0 aromatic carbocycles. The molecule has 98 valence electrons. The number of sulfonamides is 1. The zero-order valence-corrected chi connectivity index (χ0v) is 10.8. The number of nitrogens with zero attached hydrogens (tertiary/aromatic N) is 4. The van der Waals surface area contributed by atoms with Crippen molar-refractivity contribution in [1.29, 1.82) is 0 Å². The molecule has 0 atom stereocenters. The van der Waals surface area contributed by atoms with Gasteiger partial charge in [0.05, 0.1) is 12.5 Å². The molecule has 2 aromatic heterocycles. The van der Waals surface area contributed by atoms with Crippen molar-refractivity contribution in [2.45, 2.75) is 11.6 Å². The molecule has 0 aliphatic carbocycles. The number of anilines is 1. The Kier molecular flexibility index (Phi) is 3.09. The summed E-state index contributed by atoms with van der Waals surface area (Å²) in [4.78, 5) is 3.79. The van der Waals surface area contributed by atoms with Crippen molar-refractivity contribution < 1.29 is 8.42 Å². The van der Waals surface area contributed by atoms with Gasteiger partial charge in [0.25, 0.3) is 10.0 Å². The minimum Gasteiger partial charge on any atom is -0.384 e. The van der Waals surface area contributed by atoms with Gasteiger partial charge >= 0.3 is 0 Å². The molecule has 0 amide bonds. The second kappa shape index (κ2) is 4.42. The first-order chi connectivity index (χ1) is 8.40. The van der Waals surface area contributed by atoms with E-state index in [4.69, 9.17) is 5.73 Å². The highest BCUT2D eigenvalue weighted by Gasteiger charge is 2.17. The summed E-state index contributed by atoms with van der Waals surface area (Å²) in [6.07, 6.45) is 4.37. The molecule has 0 aliphatic rings. The summed E-state index contributed by atoms with van der Waals surface area (Å²) < 4.78 is 29.2. The van der Waals surface area contributed by atoms with Gasteiger partial charge in [0.1, 0.15) is 5.82 Å². The smallest absolute Gasteiger partial charge is 0.259 e. The average Bonchev–Trinajstić information content (AvgIpc) is 2.86. The van der Waals surface area contributed by atoms with Crippen molar-refractivity contribution in [2.24, 2.45) is 14.1 Å². The molecule has 2 aromatic rings. The quantitative estimate of drug-likeness (QED) is 0.757. The molecule has 9 heteroatoms. The second-order valence-corrected chi connectivity index (χ2v) is 5.59. The van der Waals surface area contributed by atoms with Gasteiger partial charge in [0.2, 0.25) is 0 Å². The fourth-order valence-corrected chi connectivity index (χ4v) is 2.39. The Bertz CT molecular complexity index is 656. The van der Waals surface area contributed by atoms with Gasteiger partial charge in [-0.2, -0.15) is 5.10 Å². The van der Waals surface area contributed by atoms with Crippen molar-refractivity contribution in [3.8, 4) is 0 Å². The van der Waals surface area contributed by atoms with Crippen molar-refractivity contribution in [1.82, 2.24) is 24.1 Å². The average molecular weight is 270 g/mol. The van der Waals surface area contributed by atoms with Crippen molar-refractivity contribution >= 4 is 15.8 Å². The first-order valence-electron chi connectivity index (χ1n) is 5.14. The molecule has 18 heavy (non-hydrogen) atoms. The number of rotatable bonds is 4. The van der Waals surface area contributed by atoms with E-state index in [9.17, 15) is 8.42 Å². The standard InChI is InChI=1S/C9H14N6O2S/c1-14-5-8(11-6-14)18(16,17)13-4-7-3-12-15(2)9(7)10/h3,5-6,13H,4,10H2,1-2H3. The number of aryl methyl sites for hydroxylation is 2.